The molecule has 0 saturated carbocycles. The lowest BCUT2D eigenvalue weighted by atomic mass is 10.2. The van der Waals surface area contributed by atoms with Gasteiger partial charge in [0.1, 0.15) is 16.9 Å². The molecular weight excluding hydrogens is 280 g/mol. The van der Waals surface area contributed by atoms with Gasteiger partial charge in [-0.1, -0.05) is 30.3 Å². The van der Waals surface area contributed by atoms with Gasteiger partial charge in [0.05, 0.1) is 17.8 Å². The number of nitrogens with one attached hydrogen (secondary N) is 1. The standard InChI is InChI=1S/C16H12N4S/c17-8-12-6-7-15(18-9-12)19-10-14-11-21-16(20-14)13-4-2-1-3-5-13/h1-7,9,11H,10H2,(H,18,19). The van der Waals surface area contributed by atoms with Crippen LogP contribution in [0.4, 0.5) is 5.82 Å². The number of rotatable bonds is 4. The molecular formula is C16H12N4S. The number of aromatic nitrogens is 2. The number of nitriles is 1. The van der Waals surface area contributed by atoms with Gasteiger partial charge >= 0.3 is 0 Å². The van der Waals surface area contributed by atoms with Crippen LogP contribution in [0.25, 0.3) is 10.6 Å². The van der Waals surface area contributed by atoms with Gasteiger partial charge in [0, 0.05) is 17.1 Å². The highest BCUT2D eigenvalue weighted by Crippen LogP contribution is 2.23. The minimum Gasteiger partial charge on any atom is -0.364 e. The van der Waals surface area contributed by atoms with Crippen molar-refractivity contribution < 1.29 is 0 Å². The molecule has 0 fully saturated rings. The van der Waals surface area contributed by atoms with Gasteiger partial charge in [-0.3, -0.25) is 0 Å². The normalized spacial score (nSPS) is 10.0. The summed E-state index contributed by atoms with van der Waals surface area (Å²) in [5.74, 6) is 0.739. The van der Waals surface area contributed by atoms with Crippen LogP contribution in [0.15, 0.2) is 54.0 Å². The monoisotopic (exact) mass is 292 g/mol. The van der Waals surface area contributed by atoms with E-state index >= 15 is 0 Å². The molecule has 0 spiro atoms. The highest BCUT2D eigenvalue weighted by molar-refractivity contribution is 7.13. The topological polar surface area (TPSA) is 61.6 Å². The van der Waals surface area contributed by atoms with Gasteiger partial charge in [-0.2, -0.15) is 5.26 Å². The first kappa shape index (κ1) is 13.3. The SMILES string of the molecule is N#Cc1ccc(NCc2csc(-c3ccccc3)n2)nc1. The summed E-state index contributed by atoms with van der Waals surface area (Å²) in [4.78, 5) is 8.78. The van der Waals surface area contributed by atoms with Crippen LogP contribution in [0.1, 0.15) is 11.3 Å². The summed E-state index contributed by atoms with van der Waals surface area (Å²) in [6, 6.07) is 15.7. The van der Waals surface area contributed by atoms with Crippen LogP contribution in [0, 0.1) is 11.3 Å². The van der Waals surface area contributed by atoms with Crippen LogP contribution in [-0.2, 0) is 6.54 Å². The van der Waals surface area contributed by atoms with Crippen LogP contribution < -0.4 is 5.32 Å². The Kier molecular flexibility index (Phi) is 3.90. The first-order chi connectivity index (χ1) is 10.3. The van der Waals surface area contributed by atoms with E-state index in [1.807, 2.05) is 29.6 Å². The Hall–Kier alpha value is -2.71. The molecule has 1 aromatic carbocycles. The Bertz CT molecular complexity index is 757. The average molecular weight is 292 g/mol. The number of pyridine rings is 1. The Morgan fingerprint density at radius 3 is 2.71 bits per heavy atom. The molecule has 0 aliphatic heterocycles. The van der Waals surface area contributed by atoms with Crippen LogP contribution in [-0.4, -0.2) is 9.97 Å². The van der Waals surface area contributed by atoms with Crippen molar-refractivity contribution in [3.63, 3.8) is 0 Å². The lowest BCUT2D eigenvalue weighted by Gasteiger charge is -2.02. The summed E-state index contributed by atoms with van der Waals surface area (Å²) in [7, 11) is 0. The Balaban J connectivity index is 1.66. The fraction of sp³-hybridized carbons (Fsp3) is 0.0625. The number of nitrogens with zero attached hydrogens (tertiary/aromatic N) is 3. The molecule has 0 atom stereocenters. The molecule has 4 nitrogen and oxygen atoms in total. The number of hydrogen-bond acceptors (Lipinski definition) is 5. The maximum atomic E-state index is 8.73. The van der Waals surface area contributed by atoms with E-state index in [0.29, 0.717) is 12.1 Å². The molecule has 0 aliphatic carbocycles. The lowest BCUT2D eigenvalue weighted by Crippen LogP contribution is -2.01. The molecule has 0 amide bonds. The molecule has 2 aromatic heterocycles. The van der Waals surface area contributed by atoms with Crippen molar-refractivity contribution in [3.05, 3.63) is 65.3 Å². The highest BCUT2D eigenvalue weighted by atomic mass is 32.1. The summed E-state index contributed by atoms with van der Waals surface area (Å²) in [6.45, 7) is 0.613. The van der Waals surface area contributed by atoms with Crippen molar-refractivity contribution in [1.29, 1.82) is 5.26 Å². The molecule has 0 aliphatic rings. The molecule has 0 radical (unpaired) electrons. The Morgan fingerprint density at radius 1 is 1.14 bits per heavy atom. The zero-order chi connectivity index (χ0) is 14.5. The van der Waals surface area contributed by atoms with Gasteiger partial charge in [0.15, 0.2) is 0 Å². The minimum atomic E-state index is 0.556. The third-order valence-electron chi connectivity index (χ3n) is 2.92. The highest BCUT2D eigenvalue weighted by Gasteiger charge is 2.04. The third kappa shape index (κ3) is 3.25. The zero-order valence-electron chi connectivity index (χ0n) is 11.2. The summed E-state index contributed by atoms with van der Waals surface area (Å²) in [6.07, 6.45) is 1.55. The smallest absolute Gasteiger partial charge is 0.126 e. The van der Waals surface area contributed by atoms with Crippen molar-refractivity contribution >= 4 is 17.2 Å². The molecule has 102 valence electrons. The number of thiazole rings is 1. The fourth-order valence-corrected chi connectivity index (χ4v) is 2.67. The lowest BCUT2D eigenvalue weighted by molar-refractivity contribution is 1.05. The van der Waals surface area contributed by atoms with Crippen molar-refractivity contribution in [2.45, 2.75) is 6.54 Å². The molecule has 1 N–H and O–H groups in total. The predicted octanol–water partition coefficient (Wildman–Crippen LogP) is 3.69. The molecule has 3 aromatic rings. The second kappa shape index (κ2) is 6.16. The number of benzene rings is 1. The molecule has 0 saturated heterocycles. The van der Waals surface area contributed by atoms with Crippen LogP contribution in [0.3, 0.4) is 0 Å². The van der Waals surface area contributed by atoms with E-state index < -0.39 is 0 Å². The Labute approximate surface area is 126 Å². The first-order valence-corrected chi connectivity index (χ1v) is 7.33. The summed E-state index contributed by atoms with van der Waals surface area (Å²) >= 11 is 1.63. The maximum Gasteiger partial charge on any atom is 0.126 e. The van der Waals surface area contributed by atoms with Gasteiger partial charge in [-0.05, 0) is 12.1 Å². The van der Waals surface area contributed by atoms with E-state index in [-0.39, 0.29) is 0 Å². The second-order valence-electron chi connectivity index (χ2n) is 4.41. The summed E-state index contributed by atoms with van der Waals surface area (Å²) < 4.78 is 0. The van der Waals surface area contributed by atoms with Gasteiger partial charge in [0.25, 0.3) is 0 Å². The molecule has 0 unspecified atom stereocenters. The van der Waals surface area contributed by atoms with Gasteiger partial charge in [0.2, 0.25) is 0 Å². The Morgan fingerprint density at radius 2 is 2.00 bits per heavy atom. The van der Waals surface area contributed by atoms with Crippen molar-refractivity contribution in [1.82, 2.24) is 9.97 Å². The van der Waals surface area contributed by atoms with Crippen LogP contribution in [0.5, 0.6) is 0 Å². The van der Waals surface area contributed by atoms with Gasteiger partial charge in [-0.15, -0.1) is 11.3 Å². The average Bonchev–Trinajstić information content (AvgIpc) is 3.03. The summed E-state index contributed by atoms with van der Waals surface area (Å²) in [5.41, 5.74) is 2.66. The molecule has 0 bridgehead atoms. The largest absolute Gasteiger partial charge is 0.364 e. The molecule has 3 rings (SSSR count). The van der Waals surface area contributed by atoms with E-state index in [1.54, 1.807) is 29.7 Å². The van der Waals surface area contributed by atoms with E-state index in [1.165, 1.54) is 0 Å². The van der Waals surface area contributed by atoms with E-state index in [2.05, 4.69) is 27.4 Å². The zero-order valence-corrected chi connectivity index (χ0v) is 12.0. The van der Waals surface area contributed by atoms with Crippen molar-refractivity contribution in [2.24, 2.45) is 0 Å². The van der Waals surface area contributed by atoms with Gasteiger partial charge < -0.3 is 5.32 Å². The first-order valence-electron chi connectivity index (χ1n) is 6.45. The van der Waals surface area contributed by atoms with E-state index in [0.717, 1.165) is 22.1 Å². The van der Waals surface area contributed by atoms with Crippen LogP contribution in [0.2, 0.25) is 0 Å². The van der Waals surface area contributed by atoms with Crippen LogP contribution >= 0.6 is 11.3 Å². The molecule has 2 heterocycles. The molecule has 21 heavy (non-hydrogen) atoms. The van der Waals surface area contributed by atoms with Gasteiger partial charge in [-0.25, -0.2) is 9.97 Å². The van der Waals surface area contributed by atoms with Crippen molar-refractivity contribution in [3.8, 4) is 16.6 Å². The van der Waals surface area contributed by atoms with Crippen molar-refractivity contribution in [2.75, 3.05) is 5.32 Å². The predicted molar refractivity (Wildman–Crippen MR) is 83.8 cm³/mol. The second-order valence-corrected chi connectivity index (χ2v) is 5.27. The summed E-state index contributed by atoms with van der Waals surface area (Å²) in [5, 5.41) is 15.0. The van der Waals surface area contributed by atoms with E-state index in [9.17, 15) is 0 Å². The molecule has 5 heteroatoms. The third-order valence-corrected chi connectivity index (χ3v) is 3.86. The maximum absolute atomic E-state index is 8.73. The fourth-order valence-electron chi connectivity index (χ4n) is 1.85. The van der Waals surface area contributed by atoms with E-state index in [4.69, 9.17) is 5.26 Å². The number of anilines is 1. The minimum absolute atomic E-state index is 0.556. The number of hydrogen-bond donors (Lipinski definition) is 1. The quantitative estimate of drug-likeness (QED) is 0.796.